The number of unbranched alkanes of at least 4 members (excludes halogenated alkanes) is 2. The molecule has 0 bridgehead atoms. The molecule has 1 N–H and O–H groups in total. The van der Waals surface area contributed by atoms with E-state index < -0.39 is 0 Å². The third-order valence-electron chi connectivity index (χ3n) is 2.98. The van der Waals surface area contributed by atoms with E-state index in [1.807, 2.05) is 24.3 Å². The summed E-state index contributed by atoms with van der Waals surface area (Å²) in [6, 6.07) is 10.5. The van der Waals surface area contributed by atoms with Crippen molar-refractivity contribution in [1.82, 2.24) is 5.32 Å². The molecule has 0 aliphatic carbocycles. The summed E-state index contributed by atoms with van der Waals surface area (Å²) in [5, 5.41) is 12.2. The molecule has 0 spiro atoms. The number of nitrogens with zero attached hydrogens (tertiary/aromatic N) is 1. The number of hydrogen-bond acceptors (Lipinski definition) is 2. The van der Waals surface area contributed by atoms with Gasteiger partial charge in [0.25, 0.3) is 0 Å². The van der Waals surface area contributed by atoms with Gasteiger partial charge in [-0.3, -0.25) is 0 Å². The summed E-state index contributed by atoms with van der Waals surface area (Å²) in [4.78, 5) is 0. The highest BCUT2D eigenvalue weighted by atomic mass is 14.9. The highest BCUT2D eigenvalue weighted by molar-refractivity contribution is 5.31. The molecule has 0 aliphatic heterocycles. The van der Waals surface area contributed by atoms with Crippen LogP contribution >= 0.6 is 0 Å². The van der Waals surface area contributed by atoms with Gasteiger partial charge in [-0.05, 0) is 31.0 Å². The second-order valence-corrected chi connectivity index (χ2v) is 4.59. The zero-order chi connectivity index (χ0) is 12.5. The van der Waals surface area contributed by atoms with Crippen LogP contribution in [0, 0.1) is 11.3 Å². The first kappa shape index (κ1) is 13.7. The third-order valence-corrected chi connectivity index (χ3v) is 2.98. The molecule has 0 saturated carbocycles. The van der Waals surface area contributed by atoms with Crippen LogP contribution in [0.15, 0.2) is 24.3 Å². The van der Waals surface area contributed by atoms with E-state index in [2.05, 4.69) is 25.2 Å². The minimum Gasteiger partial charge on any atom is -0.310 e. The quantitative estimate of drug-likeness (QED) is 0.726. The Labute approximate surface area is 105 Å². The Hall–Kier alpha value is -1.33. The summed E-state index contributed by atoms with van der Waals surface area (Å²) >= 11 is 0. The van der Waals surface area contributed by atoms with Crippen LogP contribution in [0.4, 0.5) is 0 Å². The maximum Gasteiger partial charge on any atom is 0.0991 e. The Kier molecular flexibility index (Phi) is 6.35. The molecule has 0 heterocycles. The highest BCUT2D eigenvalue weighted by Crippen LogP contribution is 2.06. The predicted molar refractivity (Wildman–Crippen MR) is 71.6 cm³/mol. The Morgan fingerprint density at radius 1 is 1.24 bits per heavy atom. The summed E-state index contributed by atoms with van der Waals surface area (Å²) in [6.07, 6.45) is 5.15. The molecule has 0 radical (unpaired) electrons. The molecule has 2 nitrogen and oxygen atoms in total. The molecule has 1 atom stereocenters. The lowest BCUT2D eigenvalue weighted by atomic mass is 10.1. The van der Waals surface area contributed by atoms with Crippen LogP contribution < -0.4 is 5.32 Å². The Morgan fingerprint density at radius 3 is 2.53 bits per heavy atom. The zero-order valence-corrected chi connectivity index (χ0v) is 10.9. The standard InChI is InChI=1S/C15H22N2/c1-3-4-5-6-13(2)17-12-15-9-7-14(11-16)8-10-15/h7-10,13,17H,3-6,12H2,1-2H3. The Balaban J connectivity index is 2.27. The first-order chi connectivity index (χ1) is 8.26. The van der Waals surface area contributed by atoms with E-state index in [0.29, 0.717) is 6.04 Å². The van der Waals surface area contributed by atoms with Gasteiger partial charge in [0.05, 0.1) is 11.6 Å². The van der Waals surface area contributed by atoms with Crippen molar-refractivity contribution in [1.29, 1.82) is 5.26 Å². The van der Waals surface area contributed by atoms with Crippen molar-refractivity contribution in [3.8, 4) is 6.07 Å². The highest BCUT2D eigenvalue weighted by Gasteiger charge is 2.01. The lowest BCUT2D eigenvalue weighted by molar-refractivity contribution is 0.487. The van der Waals surface area contributed by atoms with E-state index >= 15 is 0 Å². The molecule has 0 aromatic heterocycles. The van der Waals surface area contributed by atoms with E-state index in [-0.39, 0.29) is 0 Å². The number of hydrogen-bond donors (Lipinski definition) is 1. The van der Waals surface area contributed by atoms with Crippen molar-refractivity contribution in [3.05, 3.63) is 35.4 Å². The molecule has 0 amide bonds. The average molecular weight is 230 g/mol. The fourth-order valence-electron chi connectivity index (χ4n) is 1.79. The van der Waals surface area contributed by atoms with Crippen LogP contribution in [-0.2, 0) is 6.54 Å². The van der Waals surface area contributed by atoms with E-state index in [0.717, 1.165) is 12.1 Å². The van der Waals surface area contributed by atoms with Crippen molar-refractivity contribution < 1.29 is 0 Å². The van der Waals surface area contributed by atoms with Crippen LogP contribution in [0.5, 0.6) is 0 Å². The van der Waals surface area contributed by atoms with Gasteiger partial charge in [0.2, 0.25) is 0 Å². The van der Waals surface area contributed by atoms with Crippen molar-refractivity contribution in [3.63, 3.8) is 0 Å². The second-order valence-electron chi connectivity index (χ2n) is 4.59. The minimum atomic E-state index is 0.567. The minimum absolute atomic E-state index is 0.567. The van der Waals surface area contributed by atoms with Gasteiger partial charge in [-0.2, -0.15) is 5.26 Å². The lowest BCUT2D eigenvalue weighted by Gasteiger charge is -2.13. The number of benzene rings is 1. The second kappa shape index (κ2) is 7.86. The molecule has 1 unspecified atom stereocenters. The summed E-state index contributed by atoms with van der Waals surface area (Å²) in [7, 11) is 0. The molecular formula is C15H22N2. The average Bonchev–Trinajstić information content (AvgIpc) is 2.37. The summed E-state index contributed by atoms with van der Waals surface area (Å²) in [6.45, 7) is 5.35. The maximum absolute atomic E-state index is 8.70. The Bertz CT molecular complexity index is 348. The van der Waals surface area contributed by atoms with Gasteiger partial charge in [-0.15, -0.1) is 0 Å². The first-order valence-electron chi connectivity index (χ1n) is 6.48. The fraction of sp³-hybridized carbons (Fsp3) is 0.533. The summed E-state index contributed by atoms with van der Waals surface area (Å²) < 4.78 is 0. The molecule has 1 rings (SSSR count). The summed E-state index contributed by atoms with van der Waals surface area (Å²) in [5.41, 5.74) is 1.97. The number of nitrogens with one attached hydrogen (secondary N) is 1. The molecule has 2 heteroatoms. The van der Waals surface area contributed by atoms with Crippen LogP contribution in [0.2, 0.25) is 0 Å². The summed E-state index contributed by atoms with van der Waals surface area (Å²) in [5.74, 6) is 0. The zero-order valence-electron chi connectivity index (χ0n) is 10.9. The van der Waals surface area contributed by atoms with Crippen molar-refractivity contribution in [2.24, 2.45) is 0 Å². The number of nitriles is 1. The SMILES string of the molecule is CCCCCC(C)NCc1ccc(C#N)cc1. The van der Waals surface area contributed by atoms with Crippen molar-refractivity contribution >= 4 is 0 Å². The molecular weight excluding hydrogens is 208 g/mol. The van der Waals surface area contributed by atoms with Crippen molar-refractivity contribution in [2.75, 3.05) is 0 Å². The fourth-order valence-corrected chi connectivity index (χ4v) is 1.79. The van der Waals surface area contributed by atoms with Gasteiger partial charge in [-0.25, -0.2) is 0 Å². The lowest BCUT2D eigenvalue weighted by Crippen LogP contribution is -2.25. The van der Waals surface area contributed by atoms with E-state index in [1.165, 1.54) is 31.2 Å². The van der Waals surface area contributed by atoms with Crippen LogP contribution in [0.25, 0.3) is 0 Å². The van der Waals surface area contributed by atoms with E-state index in [4.69, 9.17) is 5.26 Å². The van der Waals surface area contributed by atoms with Gasteiger partial charge >= 0.3 is 0 Å². The molecule has 0 fully saturated rings. The normalized spacial score (nSPS) is 12.1. The van der Waals surface area contributed by atoms with E-state index in [9.17, 15) is 0 Å². The van der Waals surface area contributed by atoms with Gasteiger partial charge in [0, 0.05) is 12.6 Å². The molecule has 1 aromatic rings. The Morgan fingerprint density at radius 2 is 1.94 bits per heavy atom. The van der Waals surface area contributed by atoms with Crippen LogP contribution in [0.1, 0.15) is 50.7 Å². The van der Waals surface area contributed by atoms with Gasteiger partial charge in [0.1, 0.15) is 0 Å². The molecule has 0 saturated heterocycles. The number of rotatable bonds is 7. The topological polar surface area (TPSA) is 35.8 Å². The first-order valence-corrected chi connectivity index (χ1v) is 6.48. The van der Waals surface area contributed by atoms with Gasteiger partial charge in [-0.1, -0.05) is 38.3 Å². The van der Waals surface area contributed by atoms with Crippen LogP contribution in [0.3, 0.4) is 0 Å². The van der Waals surface area contributed by atoms with Gasteiger partial charge < -0.3 is 5.32 Å². The predicted octanol–water partition coefficient (Wildman–Crippen LogP) is 3.62. The van der Waals surface area contributed by atoms with Gasteiger partial charge in [0.15, 0.2) is 0 Å². The molecule has 1 aromatic carbocycles. The van der Waals surface area contributed by atoms with Crippen molar-refractivity contribution in [2.45, 2.75) is 52.1 Å². The maximum atomic E-state index is 8.70. The van der Waals surface area contributed by atoms with E-state index in [1.54, 1.807) is 0 Å². The molecule has 92 valence electrons. The monoisotopic (exact) mass is 230 g/mol. The smallest absolute Gasteiger partial charge is 0.0991 e. The third kappa shape index (κ3) is 5.51. The molecule has 17 heavy (non-hydrogen) atoms. The van der Waals surface area contributed by atoms with Crippen LogP contribution in [-0.4, -0.2) is 6.04 Å². The largest absolute Gasteiger partial charge is 0.310 e. The molecule has 0 aliphatic rings.